The summed E-state index contributed by atoms with van der Waals surface area (Å²) in [6.07, 6.45) is 0.325. The molecule has 0 spiro atoms. The lowest BCUT2D eigenvalue weighted by molar-refractivity contribution is -0.140. The van der Waals surface area contributed by atoms with E-state index in [2.05, 4.69) is 5.32 Å². The van der Waals surface area contributed by atoms with E-state index in [0.29, 0.717) is 25.3 Å². The van der Waals surface area contributed by atoms with Crippen molar-refractivity contribution < 1.29 is 27.1 Å². The highest BCUT2D eigenvalue weighted by Crippen LogP contribution is 2.26. The van der Waals surface area contributed by atoms with Crippen molar-refractivity contribution in [1.29, 1.82) is 0 Å². The first-order chi connectivity index (χ1) is 19.1. The van der Waals surface area contributed by atoms with Gasteiger partial charge in [0.1, 0.15) is 24.2 Å². The van der Waals surface area contributed by atoms with Gasteiger partial charge in [0.05, 0.1) is 17.2 Å². The minimum Gasteiger partial charge on any atom is -0.494 e. The van der Waals surface area contributed by atoms with Crippen molar-refractivity contribution in [2.45, 2.75) is 51.6 Å². The molecule has 0 unspecified atom stereocenters. The second-order valence-electron chi connectivity index (χ2n) is 9.16. The van der Waals surface area contributed by atoms with Crippen LogP contribution >= 0.6 is 0 Å². The molecule has 3 aromatic carbocycles. The Morgan fingerprint density at radius 1 is 0.950 bits per heavy atom. The molecule has 0 fully saturated rings. The highest BCUT2D eigenvalue weighted by Gasteiger charge is 2.33. The van der Waals surface area contributed by atoms with Gasteiger partial charge in [0.15, 0.2) is 0 Å². The molecule has 0 heterocycles. The van der Waals surface area contributed by atoms with Crippen molar-refractivity contribution in [3.8, 4) is 5.75 Å². The number of amides is 2. The summed E-state index contributed by atoms with van der Waals surface area (Å²) in [5.41, 5.74) is 1.88. The summed E-state index contributed by atoms with van der Waals surface area (Å²) in [6, 6.07) is 17.4. The Morgan fingerprint density at radius 2 is 1.60 bits per heavy atom. The van der Waals surface area contributed by atoms with Crippen LogP contribution in [0.4, 0.5) is 10.1 Å². The van der Waals surface area contributed by atoms with Gasteiger partial charge in [-0.1, -0.05) is 31.2 Å². The molecule has 40 heavy (non-hydrogen) atoms. The van der Waals surface area contributed by atoms with Crippen molar-refractivity contribution in [2.24, 2.45) is 0 Å². The van der Waals surface area contributed by atoms with Crippen LogP contribution in [0.2, 0.25) is 0 Å². The third-order valence-electron chi connectivity index (χ3n) is 6.46. The van der Waals surface area contributed by atoms with Crippen molar-refractivity contribution in [2.75, 3.05) is 24.0 Å². The van der Waals surface area contributed by atoms with Gasteiger partial charge in [0.25, 0.3) is 10.0 Å². The first-order valence-electron chi connectivity index (χ1n) is 13.2. The van der Waals surface area contributed by atoms with E-state index in [4.69, 9.17) is 4.74 Å². The molecule has 3 aromatic rings. The van der Waals surface area contributed by atoms with Gasteiger partial charge >= 0.3 is 0 Å². The van der Waals surface area contributed by atoms with E-state index in [1.165, 1.54) is 41.3 Å². The number of aryl methyl sites for hydroxylation is 1. The number of nitrogens with one attached hydrogen (secondary N) is 1. The number of carbonyl (C=O) groups is 2. The fourth-order valence-corrected chi connectivity index (χ4v) is 5.73. The second-order valence-corrected chi connectivity index (χ2v) is 11.0. The Kier molecular flexibility index (Phi) is 10.7. The summed E-state index contributed by atoms with van der Waals surface area (Å²) in [6.45, 7) is 7.64. The number of halogens is 1. The van der Waals surface area contributed by atoms with Crippen molar-refractivity contribution in [1.82, 2.24) is 10.2 Å². The quantitative estimate of drug-likeness (QED) is 0.323. The maximum atomic E-state index is 14.0. The van der Waals surface area contributed by atoms with E-state index < -0.39 is 34.3 Å². The van der Waals surface area contributed by atoms with Crippen LogP contribution in [0.3, 0.4) is 0 Å². The maximum absolute atomic E-state index is 14.0. The van der Waals surface area contributed by atoms with Gasteiger partial charge in [-0.3, -0.25) is 13.9 Å². The maximum Gasteiger partial charge on any atom is 0.264 e. The molecule has 0 aromatic heterocycles. The molecule has 2 amide bonds. The number of likely N-dealkylation sites (N-methyl/N-ethyl adjacent to an activating group) is 1. The lowest BCUT2D eigenvalue weighted by Crippen LogP contribution is -2.52. The molecule has 214 valence electrons. The number of hydrogen-bond acceptors (Lipinski definition) is 5. The van der Waals surface area contributed by atoms with Crippen LogP contribution in [0, 0.1) is 12.7 Å². The Morgan fingerprint density at radius 3 is 2.17 bits per heavy atom. The molecular formula is C30H36FN3O5S. The lowest BCUT2D eigenvalue weighted by Gasteiger charge is -2.33. The summed E-state index contributed by atoms with van der Waals surface area (Å²) in [4.78, 5) is 28.3. The average molecular weight is 570 g/mol. The SMILES string of the molecule is CCNC(=O)[C@H](CC)N(Cc1ccccc1C)C(=O)CN(c1ccc(F)cc1)S(=O)(=O)c1ccc(OCC)cc1. The number of rotatable bonds is 13. The fraction of sp³-hybridized carbons (Fsp3) is 0.333. The number of ether oxygens (including phenoxy) is 1. The zero-order valence-electron chi connectivity index (χ0n) is 23.3. The van der Waals surface area contributed by atoms with Crippen molar-refractivity contribution >= 4 is 27.5 Å². The first-order valence-corrected chi connectivity index (χ1v) is 14.7. The third-order valence-corrected chi connectivity index (χ3v) is 8.24. The number of benzene rings is 3. The van der Waals surface area contributed by atoms with Crippen LogP contribution in [0.5, 0.6) is 5.75 Å². The van der Waals surface area contributed by atoms with Gasteiger partial charge in [-0.25, -0.2) is 12.8 Å². The molecule has 1 N–H and O–H groups in total. The van der Waals surface area contributed by atoms with Crippen LogP contribution in [-0.4, -0.2) is 50.9 Å². The normalized spacial score (nSPS) is 11.9. The lowest BCUT2D eigenvalue weighted by atomic mass is 10.1. The first kappa shape index (κ1) is 30.6. The van der Waals surface area contributed by atoms with Gasteiger partial charge in [0.2, 0.25) is 11.8 Å². The van der Waals surface area contributed by atoms with Crippen LogP contribution < -0.4 is 14.4 Å². The highest BCUT2D eigenvalue weighted by atomic mass is 32.2. The summed E-state index contributed by atoms with van der Waals surface area (Å²) in [7, 11) is -4.26. The summed E-state index contributed by atoms with van der Waals surface area (Å²) < 4.78 is 47.9. The standard InChI is InChI=1S/C30H36FN3O5S/c1-5-28(30(36)32-6-2)33(20-23-11-9-8-10-22(23)4)29(35)21-34(25-14-12-24(31)13-15-25)40(37,38)27-18-16-26(17-19-27)39-7-3/h8-19,28H,5-7,20-21H2,1-4H3,(H,32,36)/t28-/m0/s1. The van der Waals surface area contributed by atoms with Crippen molar-refractivity contribution in [3.05, 3.63) is 89.7 Å². The molecule has 0 saturated carbocycles. The average Bonchev–Trinajstić information content (AvgIpc) is 2.93. The third kappa shape index (κ3) is 7.38. The number of sulfonamides is 1. The highest BCUT2D eigenvalue weighted by molar-refractivity contribution is 7.92. The largest absolute Gasteiger partial charge is 0.494 e. The van der Waals surface area contributed by atoms with Gasteiger partial charge in [0, 0.05) is 13.1 Å². The number of hydrogen-bond donors (Lipinski definition) is 1. The van der Waals surface area contributed by atoms with E-state index in [9.17, 15) is 22.4 Å². The molecule has 1 atom stereocenters. The molecular weight excluding hydrogens is 533 g/mol. The van der Waals surface area contributed by atoms with Gasteiger partial charge in [-0.15, -0.1) is 0 Å². The van der Waals surface area contributed by atoms with Gasteiger partial charge in [-0.05, 0) is 86.8 Å². The number of nitrogens with zero attached hydrogens (tertiary/aromatic N) is 2. The fourth-order valence-electron chi connectivity index (χ4n) is 4.32. The number of anilines is 1. The van der Waals surface area contributed by atoms with E-state index in [-0.39, 0.29) is 23.0 Å². The van der Waals surface area contributed by atoms with Crippen LogP contribution in [0.1, 0.15) is 38.3 Å². The second kappa shape index (κ2) is 13.9. The van der Waals surface area contributed by atoms with Crippen molar-refractivity contribution in [3.63, 3.8) is 0 Å². The van der Waals surface area contributed by atoms with Gasteiger partial charge < -0.3 is 15.0 Å². The zero-order valence-corrected chi connectivity index (χ0v) is 24.1. The van der Waals surface area contributed by atoms with Crippen LogP contribution in [0.25, 0.3) is 0 Å². The summed E-state index contributed by atoms with van der Waals surface area (Å²) >= 11 is 0. The summed E-state index contributed by atoms with van der Waals surface area (Å²) in [5, 5.41) is 2.78. The molecule has 3 rings (SSSR count). The molecule has 0 aliphatic carbocycles. The van der Waals surface area contributed by atoms with E-state index in [0.717, 1.165) is 27.6 Å². The van der Waals surface area contributed by atoms with Crippen LogP contribution in [-0.2, 0) is 26.2 Å². The molecule has 0 aliphatic rings. The zero-order chi connectivity index (χ0) is 29.3. The molecule has 0 aliphatic heterocycles. The molecule has 0 saturated heterocycles. The minimum absolute atomic E-state index is 0.0608. The molecule has 0 bridgehead atoms. The Balaban J connectivity index is 2.05. The summed E-state index contributed by atoms with van der Waals surface area (Å²) in [5.74, 6) is -0.935. The molecule has 8 nitrogen and oxygen atoms in total. The smallest absolute Gasteiger partial charge is 0.264 e. The van der Waals surface area contributed by atoms with Gasteiger partial charge in [-0.2, -0.15) is 0 Å². The predicted molar refractivity (Wildman–Crippen MR) is 153 cm³/mol. The van der Waals surface area contributed by atoms with Crippen LogP contribution in [0.15, 0.2) is 77.7 Å². The van der Waals surface area contributed by atoms with E-state index in [1.54, 1.807) is 13.8 Å². The van der Waals surface area contributed by atoms with E-state index >= 15 is 0 Å². The van der Waals surface area contributed by atoms with E-state index in [1.807, 2.05) is 38.1 Å². The predicted octanol–water partition coefficient (Wildman–Crippen LogP) is 4.67. The Bertz CT molecular complexity index is 1400. The topological polar surface area (TPSA) is 96.0 Å². The minimum atomic E-state index is -4.26. The molecule has 0 radical (unpaired) electrons. The Labute approximate surface area is 235 Å². The number of carbonyl (C=O) groups excluding carboxylic acids is 2. The Hall–Kier alpha value is -3.92. The molecule has 10 heteroatoms. The monoisotopic (exact) mass is 569 g/mol.